The van der Waals surface area contributed by atoms with Crippen LogP contribution in [0.1, 0.15) is 22.3 Å². The highest BCUT2D eigenvalue weighted by atomic mass is 16.3. The highest BCUT2D eigenvalue weighted by Crippen LogP contribution is 2.63. The summed E-state index contributed by atoms with van der Waals surface area (Å²) in [6.45, 7) is 0. The van der Waals surface area contributed by atoms with Gasteiger partial charge in [-0.1, -0.05) is 194 Å². The van der Waals surface area contributed by atoms with Crippen LogP contribution in [0.4, 0.5) is 34.1 Å². The summed E-state index contributed by atoms with van der Waals surface area (Å²) in [5.74, 6) is 0. The topological polar surface area (TPSA) is 19.6 Å². The van der Waals surface area contributed by atoms with Crippen molar-refractivity contribution in [1.82, 2.24) is 0 Å². The number of anilines is 6. The Morgan fingerprint density at radius 3 is 1.21 bits per heavy atom. The molecule has 0 saturated carbocycles. The molecule has 0 radical (unpaired) electrons. The van der Waals surface area contributed by atoms with E-state index in [1.165, 1.54) is 49.7 Å². The van der Waals surface area contributed by atoms with E-state index >= 15 is 0 Å². The average molecular weight is 841 g/mol. The lowest BCUT2D eigenvalue weighted by atomic mass is 9.66. The second-order valence-corrected chi connectivity index (χ2v) is 17.5. The molecular weight excluding hydrogens is 801 g/mol. The van der Waals surface area contributed by atoms with Gasteiger partial charge in [0.2, 0.25) is 0 Å². The first-order valence-electron chi connectivity index (χ1n) is 22.8. The van der Waals surface area contributed by atoms with Crippen LogP contribution in [0.15, 0.2) is 247 Å². The Hall–Kier alpha value is -8.66. The molecule has 2 aliphatic carbocycles. The third-order valence-electron chi connectivity index (χ3n) is 14.2. The summed E-state index contributed by atoms with van der Waals surface area (Å²) in [7, 11) is 0. The maximum absolute atomic E-state index is 7.85. The molecule has 1 spiro atoms. The van der Waals surface area contributed by atoms with Crippen molar-refractivity contribution in [3.05, 3.63) is 265 Å². The van der Waals surface area contributed by atoms with Crippen molar-refractivity contribution in [3.63, 3.8) is 0 Å². The van der Waals surface area contributed by atoms with Gasteiger partial charge in [-0.2, -0.15) is 0 Å². The summed E-state index contributed by atoms with van der Waals surface area (Å²) < 4.78 is 7.85. The molecule has 0 atom stereocenters. The fourth-order valence-electron chi connectivity index (χ4n) is 11.6. The zero-order valence-corrected chi connectivity index (χ0v) is 35.9. The van der Waals surface area contributed by atoms with Gasteiger partial charge >= 0.3 is 0 Å². The quantitative estimate of drug-likeness (QED) is 0.166. The number of hydrogen-bond donors (Lipinski definition) is 0. The van der Waals surface area contributed by atoms with Crippen molar-refractivity contribution in [3.8, 4) is 22.3 Å². The maximum atomic E-state index is 7.85. The van der Waals surface area contributed by atoms with Crippen LogP contribution < -0.4 is 9.80 Å². The molecule has 11 aromatic carbocycles. The van der Waals surface area contributed by atoms with E-state index in [0.717, 1.165) is 72.4 Å². The molecule has 0 amide bonds. The van der Waals surface area contributed by atoms with Gasteiger partial charge in [0.25, 0.3) is 0 Å². The van der Waals surface area contributed by atoms with E-state index in [4.69, 9.17) is 4.42 Å². The molecular formula is C63H40N2O. The van der Waals surface area contributed by atoms with Gasteiger partial charge in [0.15, 0.2) is 11.2 Å². The molecule has 0 bridgehead atoms. The molecule has 0 fully saturated rings. The van der Waals surface area contributed by atoms with E-state index in [1.807, 2.05) is 0 Å². The molecule has 0 unspecified atom stereocenters. The number of hydrogen-bond acceptors (Lipinski definition) is 3. The smallest absolute Gasteiger partial charge is 0.160 e. The summed E-state index contributed by atoms with van der Waals surface area (Å²) in [5.41, 5.74) is 17.2. The molecule has 2 aliphatic rings. The van der Waals surface area contributed by atoms with Gasteiger partial charge in [0.05, 0.1) is 28.2 Å². The number of benzene rings is 11. The molecule has 3 nitrogen and oxygen atoms in total. The summed E-state index contributed by atoms with van der Waals surface area (Å²) in [6.07, 6.45) is 0. The molecule has 1 aromatic heterocycles. The number of furan rings is 1. The number of fused-ring (bicyclic) bond motifs is 11. The number of nitrogens with zero attached hydrogens (tertiary/aromatic N) is 2. The van der Waals surface area contributed by atoms with Gasteiger partial charge < -0.3 is 14.2 Å². The van der Waals surface area contributed by atoms with Crippen molar-refractivity contribution in [2.24, 2.45) is 0 Å². The largest absolute Gasteiger partial charge is 0.452 e. The van der Waals surface area contributed by atoms with E-state index in [0.29, 0.717) is 0 Å². The van der Waals surface area contributed by atoms with Gasteiger partial charge in [0.1, 0.15) is 0 Å². The Labute approximate surface area is 382 Å². The van der Waals surface area contributed by atoms with Crippen LogP contribution in [-0.4, -0.2) is 0 Å². The van der Waals surface area contributed by atoms with Gasteiger partial charge in [-0.05, 0) is 104 Å². The number of para-hydroxylation sites is 2. The summed E-state index contributed by atoms with van der Waals surface area (Å²) in [4.78, 5) is 4.81. The monoisotopic (exact) mass is 840 g/mol. The van der Waals surface area contributed by atoms with Crippen LogP contribution in [0, 0.1) is 0 Å². The first kappa shape index (κ1) is 36.8. The average Bonchev–Trinajstić information content (AvgIpc) is 3.90. The lowest BCUT2D eigenvalue weighted by Crippen LogP contribution is -2.29. The minimum Gasteiger partial charge on any atom is -0.452 e. The molecule has 14 rings (SSSR count). The van der Waals surface area contributed by atoms with E-state index in [9.17, 15) is 0 Å². The Kier molecular flexibility index (Phi) is 7.90. The first-order valence-corrected chi connectivity index (χ1v) is 22.8. The van der Waals surface area contributed by atoms with Crippen LogP contribution in [0.3, 0.4) is 0 Å². The third-order valence-corrected chi connectivity index (χ3v) is 14.2. The van der Waals surface area contributed by atoms with Crippen molar-refractivity contribution in [2.45, 2.75) is 5.41 Å². The predicted molar refractivity (Wildman–Crippen MR) is 274 cm³/mol. The number of rotatable bonds is 6. The fraction of sp³-hybridized carbons (Fsp3) is 0.0159. The van der Waals surface area contributed by atoms with Gasteiger partial charge in [-0.25, -0.2) is 0 Å². The van der Waals surface area contributed by atoms with E-state index in [1.54, 1.807) is 0 Å². The molecule has 3 heteroatoms. The fourth-order valence-corrected chi connectivity index (χ4v) is 11.6. The molecule has 1 heterocycles. The SMILES string of the molecule is c1ccc(N(c2cccc3ccccc23)c2ccc3c4c2oc2c(N(c5ccccc5)c5cccc6ccccc56)ccc(c24)C2(c4ccccc4-c4ccccc42)c2ccccc2-3)cc1. The third kappa shape index (κ3) is 5.02. The minimum absolute atomic E-state index is 0.650. The van der Waals surface area contributed by atoms with Crippen molar-refractivity contribution in [1.29, 1.82) is 0 Å². The second-order valence-electron chi connectivity index (χ2n) is 17.5. The van der Waals surface area contributed by atoms with Gasteiger partial charge in [-0.15, -0.1) is 0 Å². The lowest BCUT2D eigenvalue weighted by molar-refractivity contribution is 0.667. The molecule has 0 N–H and O–H groups in total. The van der Waals surface area contributed by atoms with Crippen LogP contribution in [0.2, 0.25) is 0 Å². The van der Waals surface area contributed by atoms with E-state index in [-0.39, 0.29) is 0 Å². The second kappa shape index (κ2) is 14.2. The molecule has 12 aromatic rings. The Balaban J connectivity index is 1.19. The van der Waals surface area contributed by atoms with Crippen molar-refractivity contribution < 1.29 is 4.42 Å². The van der Waals surface area contributed by atoms with Crippen LogP contribution in [-0.2, 0) is 5.41 Å². The zero-order valence-electron chi connectivity index (χ0n) is 35.9. The van der Waals surface area contributed by atoms with Crippen LogP contribution in [0.5, 0.6) is 0 Å². The van der Waals surface area contributed by atoms with Gasteiger partial charge in [0, 0.05) is 32.9 Å². The molecule has 0 saturated heterocycles. The van der Waals surface area contributed by atoms with Crippen molar-refractivity contribution in [2.75, 3.05) is 9.80 Å². The maximum Gasteiger partial charge on any atom is 0.160 e. The summed E-state index contributed by atoms with van der Waals surface area (Å²) in [5, 5.41) is 6.91. The lowest BCUT2D eigenvalue weighted by Gasteiger charge is -2.35. The predicted octanol–water partition coefficient (Wildman–Crippen LogP) is 17.2. The molecule has 66 heavy (non-hydrogen) atoms. The van der Waals surface area contributed by atoms with Crippen LogP contribution >= 0.6 is 0 Å². The molecule has 308 valence electrons. The Morgan fingerprint density at radius 1 is 0.273 bits per heavy atom. The van der Waals surface area contributed by atoms with E-state index in [2.05, 4.69) is 252 Å². The standard InChI is InChI=1S/C63H40N2O/c1-3-23-43(24-4-1)64(55-35-17-21-41-19-7-9-27-45(41)55)57-39-37-50-49-31-13-16-34-53(49)63(51-32-14-11-29-47(51)48-30-12-15-33-52(48)63)54-38-40-58(62-60(54)59(50)61(57)66-62)65(44-25-5-2-6-26-44)56-36-18-22-42-20-8-10-28-46(42)56/h1-40H. The van der Waals surface area contributed by atoms with Crippen molar-refractivity contribution >= 4 is 77.6 Å². The summed E-state index contributed by atoms with van der Waals surface area (Å²) in [6, 6.07) is 88.7. The Morgan fingerprint density at radius 2 is 0.682 bits per heavy atom. The minimum atomic E-state index is -0.650. The summed E-state index contributed by atoms with van der Waals surface area (Å²) >= 11 is 0. The zero-order chi connectivity index (χ0) is 43.3. The van der Waals surface area contributed by atoms with E-state index < -0.39 is 5.41 Å². The molecule has 0 aliphatic heterocycles. The Bertz CT molecular complexity index is 3850. The highest BCUT2D eigenvalue weighted by Gasteiger charge is 2.50. The van der Waals surface area contributed by atoms with Crippen LogP contribution in [0.25, 0.3) is 65.7 Å². The normalized spacial score (nSPS) is 13.0. The van der Waals surface area contributed by atoms with Gasteiger partial charge in [-0.3, -0.25) is 0 Å². The first-order chi connectivity index (χ1) is 32.8. The highest BCUT2D eigenvalue weighted by molar-refractivity contribution is 6.23.